The van der Waals surface area contributed by atoms with Crippen LogP contribution >= 0.6 is 0 Å². The third kappa shape index (κ3) is 1.35. The maximum absolute atomic E-state index is 5.90. The average molecular weight is 203 g/mol. The fourth-order valence-electron chi connectivity index (χ4n) is 2.11. The Morgan fingerprint density at radius 1 is 1.40 bits per heavy atom. The van der Waals surface area contributed by atoms with Crippen molar-refractivity contribution < 1.29 is 0 Å². The van der Waals surface area contributed by atoms with Gasteiger partial charge in [0.1, 0.15) is 11.0 Å². The van der Waals surface area contributed by atoms with Crippen molar-refractivity contribution in [1.82, 2.24) is 15.4 Å². The summed E-state index contributed by atoms with van der Waals surface area (Å²) in [6.07, 6.45) is 1.05. The molecule has 5 nitrogen and oxygen atoms in total. The van der Waals surface area contributed by atoms with Crippen LogP contribution in [0, 0.1) is 0 Å². The van der Waals surface area contributed by atoms with Gasteiger partial charge in [-0.3, -0.25) is 0 Å². The van der Waals surface area contributed by atoms with Crippen molar-refractivity contribution in [1.29, 1.82) is 0 Å². The molecule has 0 saturated carbocycles. The van der Waals surface area contributed by atoms with Crippen molar-refractivity contribution in [2.45, 2.75) is 12.5 Å². The summed E-state index contributed by atoms with van der Waals surface area (Å²) in [5, 5.41) is 10.9. The monoisotopic (exact) mass is 203 g/mol. The molecule has 1 saturated heterocycles. The Kier molecular flexibility index (Phi) is 1.85. The number of aromatic nitrogens is 3. The molecule has 1 aliphatic heterocycles. The molecule has 0 bridgehead atoms. The molecule has 1 unspecified atom stereocenters. The molecule has 2 aromatic rings. The highest BCUT2D eigenvalue weighted by molar-refractivity contribution is 5.87. The zero-order valence-electron chi connectivity index (χ0n) is 8.35. The Labute approximate surface area is 87.3 Å². The smallest absolute Gasteiger partial charge is 0.136 e. The van der Waals surface area contributed by atoms with Crippen LogP contribution in [-0.4, -0.2) is 34.5 Å². The minimum absolute atomic E-state index is 0.284. The lowest BCUT2D eigenvalue weighted by atomic mass is 10.2. The van der Waals surface area contributed by atoms with Gasteiger partial charge in [-0.15, -0.1) is 0 Å². The van der Waals surface area contributed by atoms with Gasteiger partial charge in [0, 0.05) is 19.1 Å². The molecule has 1 fully saturated rings. The molecule has 78 valence electrons. The molecule has 3 N–H and O–H groups in total. The summed E-state index contributed by atoms with van der Waals surface area (Å²) in [5.41, 5.74) is 8.88. The number of hydrogen-bond acceptors (Lipinski definition) is 4. The van der Waals surface area contributed by atoms with Crippen LogP contribution in [0.15, 0.2) is 18.2 Å². The van der Waals surface area contributed by atoms with E-state index >= 15 is 0 Å². The van der Waals surface area contributed by atoms with E-state index in [1.165, 1.54) is 0 Å². The molecule has 1 aromatic carbocycles. The van der Waals surface area contributed by atoms with Gasteiger partial charge in [0.25, 0.3) is 0 Å². The van der Waals surface area contributed by atoms with Crippen molar-refractivity contribution >= 4 is 16.7 Å². The Morgan fingerprint density at radius 3 is 3.13 bits per heavy atom. The lowest BCUT2D eigenvalue weighted by Gasteiger charge is -2.17. The number of nitrogens with zero attached hydrogens (tertiary/aromatic N) is 3. The highest BCUT2D eigenvalue weighted by Gasteiger charge is 2.21. The fourth-order valence-corrected chi connectivity index (χ4v) is 2.11. The van der Waals surface area contributed by atoms with E-state index in [1.807, 2.05) is 12.1 Å². The van der Waals surface area contributed by atoms with Crippen LogP contribution in [0.5, 0.6) is 0 Å². The number of nitrogens with one attached hydrogen (secondary N) is 1. The molecule has 1 atom stereocenters. The summed E-state index contributed by atoms with van der Waals surface area (Å²) in [6.45, 7) is 1.92. The second kappa shape index (κ2) is 3.20. The minimum atomic E-state index is 0.284. The Balaban J connectivity index is 2.06. The predicted octanol–water partition coefficient (Wildman–Crippen LogP) is 0.495. The molecule has 1 aromatic heterocycles. The number of aromatic amines is 1. The van der Waals surface area contributed by atoms with Gasteiger partial charge in [-0.1, -0.05) is 6.07 Å². The Hall–Kier alpha value is -1.62. The molecule has 0 radical (unpaired) electrons. The van der Waals surface area contributed by atoms with E-state index in [4.69, 9.17) is 5.73 Å². The highest BCUT2D eigenvalue weighted by atomic mass is 15.3. The molecular formula is C10H13N5. The Morgan fingerprint density at radius 2 is 2.33 bits per heavy atom. The zero-order valence-corrected chi connectivity index (χ0v) is 8.35. The number of H-pyrrole nitrogens is 1. The van der Waals surface area contributed by atoms with Gasteiger partial charge < -0.3 is 10.6 Å². The summed E-state index contributed by atoms with van der Waals surface area (Å²) < 4.78 is 0. The number of benzene rings is 1. The zero-order chi connectivity index (χ0) is 10.3. The van der Waals surface area contributed by atoms with Crippen molar-refractivity contribution in [2.24, 2.45) is 5.73 Å². The molecule has 3 rings (SSSR count). The SMILES string of the molecule is NC1CCN(c2cccc3n[nH]nc23)C1. The lowest BCUT2D eigenvalue weighted by molar-refractivity contribution is 0.752. The Bertz CT molecular complexity index is 477. The van der Waals surface area contributed by atoms with Gasteiger partial charge in [0.05, 0.1) is 5.69 Å². The summed E-state index contributed by atoms with van der Waals surface area (Å²) in [7, 11) is 0. The average Bonchev–Trinajstić information content (AvgIpc) is 2.84. The van der Waals surface area contributed by atoms with Crippen LogP contribution in [0.4, 0.5) is 5.69 Å². The first-order valence-corrected chi connectivity index (χ1v) is 5.14. The number of anilines is 1. The molecule has 5 heteroatoms. The standard InChI is InChI=1S/C10H13N5/c11-7-4-5-15(6-7)9-3-1-2-8-10(9)13-14-12-8/h1-3,7H,4-6,11H2,(H,12,13,14). The molecule has 15 heavy (non-hydrogen) atoms. The molecule has 2 heterocycles. The van der Waals surface area contributed by atoms with Crippen LogP contribution in [0.25, 0.3) is 11.0 Å². The summed E-state index contributed by atoms with van der Waals surface area (Å²) >= 11 is 0. The summed E-state index contributed by atoms with van der Waals surface area (Å²) in [5.74, 6) is 0. The van der Waals surface area contributed by atoms with Crippen LogP contribution in [-0.2, 0) is 0 Å². The number of hydrogen-bond donors (Lipinski definition) is 2. The normalized spacial score (nSPS) is 21.4. The second-order valence-corrected chi connectivity index (χ2v) is 3.96. The van der Waals surface area contributed by atoms with Crippen LogP contribution in [0.3, 0.4) is 0 Å². The predicted molar refractivity (Wildman–Crippen MR) is 58.7 cm³/mol. The van der Waals surface area contributed by atoms with E-state index in [-0.39, 0.29) is 6.04 Å². The van der Waals surface area contributed by atoms with Crippen molar-refractivity contribution in [2.75, 3.05) is 18.0 Å². The van der Waals surface area contributed by atoms with E-state index in [2.05, 4.69) is 26.4 Å². The van der Waals surface area contributed by atoms with Crippen molar-refractivity contribution in [3.63, 3.8) is 0 Å². The molecule has 0 amide bonds. The fraction of sp³-hybridized carbons (Fsp3) is 0.400. The molecule has 0 spiro atoms. The third-order valence-corrected chi connectivity index (χ3v) is 2.89. The van der Waals surface area contributed by atoms with Crippen molar-refractivity contribution in [3.05, 3.63) is 18.2 Å². The number of rotatable bonds is 1. The largest absolute Gasteiger partial charge is 0.368 e. The van der Waals surface area contributed by atoms with E-state index in [0.29, 0.717) is 0 Å². The minimum Gasteiger partial charge on any atom is -0.368 e. The quantitative estimate of drug-likeness (QED) is 0.707. The van der Waals surface area contributed by atoms with Gasteiger partial charge >= 0.3 is 0 Å². The van der Waals surface area contributed by atoms with Gasteiger partial charge in [-0.05, 0) is 18.6 Å². The van der Waals surface area contributed by atoms with E-state index in [0.717, 1.165) is 36.2 Å². The summed E-state index contributed by atoms with van der Waals surface area (Å²) in [4.78, 5) is 2.27. The third-order valence-electron chi connectivity index (χ3n) is 2.89. The first-order chi connectivity index (χ1) is 7.34. The lowest BCUT2D eigenvalue weighted by Crippen LogP contribution is -2.26. The van der Waals surface area contributed by atoms with Crippen LogP contribution in [0.1, 0.15) is 6.42 Å². The van der Waals surface area contributed by atoms with Gasteiger partial charge in [-0.2, -0.15) is 15.4 Å². The van der Waals surface area contributed by atoms with Gasteiger partial charge in [0.2, 0.25) is 0 Å². The van der Waals surface area contributed by atoms with Crippen LogP contribution in [0.2, 0.25) is 0 Å². The number of para-hydroxylation sites is 1. The van der Waals surface area contributed by atoms with E-state index in [1.54, 1.807) is 0 Å². The molecule has 1 aliphatic rings. The van der Waals surface area contributed by atoms with E-state index in [9.17, 15) is 0 Å². The first-order valence-electron chi connectivity index (χ1n) is 5.14. The number of fused-ring (bicyclic) bond motifs is 1. The maximum atomic E-state index is 5.90. The van der Waals surface area contributed by atoms with Gasteiger partial charge in [0.15, 0.2) is 0 Å². The number of nitrogens with two attached hydrogens (primary N) is 1. The highest BCUT2D eigenvalue weighted by Crippen LogP contribution is 2.26. The first kappa shape index (κ1) is 8.67. The molecular weight excluding hydrogens is 190 g/mol. The van der Waals surface area contributed by atoms with Gasteiger partial charge in [-0.25, -0.2) is 0 Å². The van der Waals surface area contributed by atoms with Crippen molar-refractivity contribution in [3.8, 4) is 0 Å². The topological polar surface area (TPSA) is 70.8 Å². The molecule has 0 aliphatic carbocycles. The van der Waals surface area contributed by atoms with Crippen LogP contribution < -0.4 is 10.6 Å². The van der Waals surface area contributed by atoms with E-state index < -0.39 is 0 Å². The summed E-state index contributed by atoms with van der Waals surface area (Å²) in [6, 6.07) is 6.32. The second-order valence-electron chi connectivity index (χ2n) is 3.96. The maximum Gasteiger partial charge on any atom is 0.136 e.